The number of sulfonamides is 1. The number of nitrogens with zero attached hydrogens (tertiary/aromatic N) is 3. The van der Waals surface area contributed by atoms with Crippen molar-refractivity contribution in [3.05, 3.63) is 60.2 Å². The van der Waals surface area contributed by atoms with Crippen LogP contribution in [0.4, 0.5) is 8.78 Å². The number of para-hydroxylation sites is 1. The van der Waals surface area contributed by atoms with Gasteiger partial charge in [-0.2, -0.15) is 4.31 Å². The molecular formula is C25H31F2N3O4S. The summed E-state index contributed by atoms with van der Waals surface area (Å²) in [5, 5.41) is 0. The maximum atomic E-state index is 13.8. The van der Waals surface area contributed by atoms with Crippen molar-refractivity contribution >= 4 is 15.9 Å². The van der Waals surface area contributed by atoms with Gasteiger partial charge in [-0.15, -0.1) is 0 Å². The fourth-order valence-electron chi connectivity index (χ4n) is 4.75. The summed E-state index contributed by atoms with van der Waals surface area (Å²) in [6, 6.07) is 11.5. The van der Waals surface area contributed by atoms with E-state index in [4.69, 9.17) is 4.74 Å². The zero-order valence-electron chi connectivity index (χ0n) is 19.8. The Labute approximate surface area is 205 Å². The molecule has 2 aliphatic heterocycles. The van der Waals surface area contributed by atoms with Crippen LogP contribution in [0.3, 0.4) is 0 Å². The average Bonchev–Trinajstić information content (AvgIpc) is 2.83. The first-order valence-electron chi connectivity index (χ1n) is 11.8. The van der Waals surface area contributed by atoms with Crippen LogP contribution in [0, 0.1) is 17.0 Å². The largest absolute Gasteiger partial charge is 0.493 e. The van der Waals surface area contributed by atoms with E-state index in [0.29, 0.717) is 37.7 Å². The molecule has 2 aromatic rings. The molecule has 10 heteroatoms. The topological polar surface area (TPSA) is 70.2 Å². The van der Waals surface area contributed by atoms with E-state index in [1.165, 1.54) is 4.31 Å². The van der Waals surface area contributed by atoms with E-state index in [2.05, 4.69) is 4.90 Å². The summed E-state index contributed by atoms with van der Waals surface area (Å²) in [6.07, 6.45) is 1.24. The Morgan fingerprint density at radius 1 is 1.00 bits per heavy atom. The van der Waals surface area contributed by atoms with Crippen LogP contribution in [0.5, 0.6) is 5.75 Å². The molecule has 2 aliphatic rings. The van der Waals surface area contributed by atoms with Gasteiger partial charge in [0.15, 0.2) is 0 Å². The molecule has 1 atom stereocenters. The molecule has 7 nitrogen and oxygen atoms in total. The highest BCUT2D eigenvalue weighted by molar-refractivity contribution is 7.89. The molecule has 0 saturated carbocycles. The summed E-state index contributed by atoms with van der Waals surface area (Å²) in [5.74, 6) is -1.31. The van der Waals surface area contributed by atoms with Crippen molar-refractivity contribution in [2.45, 2.75) is 24.2 Å². The third-order valence-corrected chi connectivity index (χ3v) is 8.59. The summed E-state index contributed by atoms with van der Waals surface area (Å²) < 4.78 is 61.5. The predicted octanol–water partition coefficient (Wildman–Crippen LogP) is 2.98. The van der Waals surface area contributed by atoms with Crippen LogP contribution in [0.1, 0.15) is 19.3 Å². The van der Waals surface area contributed by atoms with Gasteiger partial charge >= 0.3 is 0 Å². The van der Waals surface area contributed by atoms with Gasteiger partial charge in [-0.25, -0.2) is 17.2 Å². The van der Waals surface area contributed by atoms with E-state index in [-0.39, 0.29) is 32.0 Å². The quantitative estimate of drug-likeness (QED) is 0.577. The van der Waals surface area contributed by atoms with Gasteiger partial charge in [-0.1, -0.05) is 18.2 Å². The molecule has 0 spiro atoms. The maximum absolute atomic E-state index is 13.8. The lowest BCUT2D eigenvalue weighted by Gasteiger charge is -2.43. The molecule has 0 N–H and O–H groups in total. The first kappa shape index (κ1) is 25.5. The van der Waals surface area contributed by atoms with Crippen molar-refractivity contribution in [3.63, 3.8) is 0 Å². The zero-order valence-corrected chi connectivity index (χ0v) is 20.6. The summed E-state index contributed by atoms with van der Waals surface area (Å²) in [7, 11) is -2.15. The predicted molar refractivity (Wildman–Crippen MR) is 127 cm³/mol. The monoisotopic (exact) mass is 507 g/mol. The van der Waals surface area contributed by atoms with E-state index >= 15 is 0 Å². The lowest BCUT2D eigenvalue weighted by atomic mass is 9.78. The van der Waals surface area contributed by atoms with Crippen molar-refractivity contribution in [2.24, 2.45) is 5.41 Å². The number of piperazine rings is 1. The minimum Gasteiger partial charge on any atom is -0.493 e. The molecule has 35 heavy (non-hydrogen) atoms. The highest BCUT2D eigenvalue weighted by Crippen LogP contribution is 2.37. The second kappa shape index (κ2) is 10.6. The number of ether oxygens (including phenoxy) is 1. The minimum absolute atomic E-state index is 0.0276. The van der Waals surface area contributed by atoms with Gasteiger partial charge < -0.3 is 14.5 Å². The SMILES string of the molecule is CN1CCN(C(=O)C[C@@]2(COc3ccccc3)CCCN(S(=O)(=O)c3cc(F)cc(F)c3)C2)CC1. The summed E-state index contributed by atoms with van der Waals surface area (Å²) in [4.78, 5) is 16.8. The molecule has 0 aromatic heterocycles. The number of carbonyl (C=O) groups excluding carboxylic acids is 1. The Balaban J connectivity index is 1.58. The average molecular weight is 508 g/mol. The molecule has 2 aromatic carbocycles. The number of carbonyl (C=O) groups is 1. The Kier molecular flexibility index (Phi) is 7.73. The van der Waals surface area contributed by atoms with Crippen LogP contribution >= 0.6 is 0 Å². The molecule has 0 bridgehead atoms. The molecule has 0 aliphatic carbocycles. The second-order valence-electron chi connectivity index (χ2n) is 9.51. The van der Waals surface area contributed by atoms with Gasteiger partial charge in [0.1, 0.15) is 17.4 Å². The van der Waals surface area contributed by atoms with Crippen molar-refractivity contribution in [1.29, 1.82) is 0 Å². The molecule has 2 saturated heterocycles. The Morgan fingerprint density at radius 3 is 2.31 bits per heavy atom. The molecule has 0 radical (unpaired) electrons. The summed E-state index contributed by atoms with van der Waals surface area (Å²) in [6.45, 7) is 3.19. The lowest BCUT2D eigenvalue weighted by molar-refractivity contribution is -0.136. The zero-order chi connectivity index (χ0) is 25.1. The van der Waals surface area contributed by atoms with Gasteiger partial charge in [-0.3, -0.25) is 4.79 Å². The summed E-state index contributed by atoms with van der Waals surface area (Å²) >= 11 is 0. The second-order valence-corrected chi connectivity index (χ2v) is 11.4. The number of hydrogen-bond acceptors (Lipinski definition) is 5. The number of benzene rings is 2. The number of amides is 1. The third kappa shape index (κ3) is 6.17. The highest BCUT2D eigenvalue weighted by atomic mass is 32.2. The van der Waals surface area contributed by atoms with Crippen molar-refractivity contribution in [2.75, 3.05) is 52.9 Å². The number of halogens is 2. The van der Waals surface area contributed by atoms with Gasteiger partial charge in [0.05, 0.1) is 11.5 Å². The van der Waals surface area contributed by atoms with Gasteiger partial charge in [-0.05, 0) is 44.2 Å². The minimum atomic E-state index is -4.16. The van der Waals surface area contributed by atoms with E-state index in [1.54, 1.807) is 0 Å². The fraction of sp³-hybridized carbons (Fsp3) is 0.480. The number of rotatable bonds is 7. The van der Waals surface area contributed by atoms with E-state index in [0.717, 1.165) is 25.2 Å². The molecule has 4 rings (SSSR count). The van der Waals surface area contributed by atoms with Crippen LogP contribution in [0.15, 0.2) is 53.4 Å². The number of piperidine rings is 1. The Bertz CT molecular complexity index is 1120. The normalized spacial score (nSPS) is 22.2. The molecule has 190 valence electrons. The standard InChI is InChI=1S/C25H31F2N3O4S/c1-28-10-12-29(13-11-28)24(31)17-25(19-34-22-6-3-2-4-7-22)8-5-9-30(18-25)35(32,33)23-15-20(26)14-21(27)16-23/h2-4,6-7,14-16H,5,8-13,17-19H2,1H3/t25-/m0/s1. The van der Waals surface area contributed by atoms with Crippen LogP contribution < -0.4 is 4.74 Å². The summed E-state index contributed by atoms with van der Waals surface area (Å²) in [5.41, 5.74) is -0.770. The van der Waals surface area contributed by atoms with Crippen molar-refractivity contribution in [3.8, 4) is 5.75 Å². The van der Waals surface area contributed by atoms with Crippen molar-refractivity contribution < 1.29 is 26.7 Å². The number of hydrogen-bond donors (Lipinski definition) is 0. The van der Waals surface area contributed by atoms with E-state index in [9.17, 15) is 22.0 Å². The Hall–Kier alpha value is -2.56. The van der Waals surface area contributed by atoms with Crippen molar-refractivity contribution in [1.82, 2.24) is 14.1 Å². The Morgan fingerprint density at radius 2 is 1.66 bits per heavy atom. The van der Waals surface area contributed by atoms with E-state index < -0.39 is 32.0 Å². The third-order valence-electron chi connectivity index (χ3n) is 6.77. The highest BCUT2D eigenvalue weighted by Gasteiger charge is 2.43. The first-order chi connectivity index (χ1) is 16.7. The van der Waals surface area contributed by atoms with Crippen LogP contribution in [0.2, 0.25) is 0 Å². The first-order valence-corrected chi connectivity index (χ1v) is 13.2. The van der Waals surface area contributed by atoms with Gasteiger partial charge in [0, 0.05) is 57.2 Å². The molecular weight excluding hydrogens is 476 g/mol. The van der Waals surface area contributed by atoms with Gasteiger partial charge in [0.2, 0.25) is 15.9 Å². The van der Waals surface area contributed by atoms with E-state index in [1.807, 2.05) is 42.3 Å². The molecule has 2 heterocycles. The lowest BCUT2D eigenvalue weighted by Crippen LogP contribution is -2.53. The van der Waals surface area contributed by atoms with Crippen LogP contribution in [-0.2, 0) is 14.8 Å². The molecule has 0 unspecified atom stereocenters. The van der Waals surface area contributed by atoms with Crippen LogP contribution in [0.25, 0.3) is 0 Å². The number of likely N-dealkylation sites (N-methyl/N-ethyl adjacent to an activating group) is 1. The molecule has 2 fully saturated rings. The fourth-order valence-corrected chi connectivity index (χ4v) is 6.38. The maximum Gasteiger partial charge on any atom is 0.243 e. The smallest absolute Gasteiger partial charge is 0.243 e. The van der Waals surface area contributed by atoms with Crippen LogP contribution in [-0.4, -0.2) is 81.4 Å². The van der Waals surface area contributed by atoms with Gasteiger partial charge in [0.25, 0.3) is 0 Å². The molecule has 1 amide bonds.